The second-order valence-electron chi connectivity index (χ2n) is 6.55. The number of fused-ring (bicyclic) bond motifs is 1. The highest BCUT2D eigenvalue weighted by Gasteiger charge is 2.38. The summed E-state index contributed by atoms with van der Waals surface area (Å²) in [6, 6.07) is 12.9. The molecule has 2 aliphatic rings. The molecule has 0 spiro atoms. The van der Waals surface area contributed by atoms with Crippen LogP contribution in [0.5, 0.6) is 0 Å². The van der Waals surface area contributed by atoms with Crippen molar-refractivity contribution in [2.45, 2.75) is 24.9 Å². The van der Waals surface area contributed by atoms with E-state index in [1.165, 1.54) is 16.6 Å². The fourth-order valence-electron chi connectivity index (χ4n) is 3.62. The lowest BCUT2D eigenvalue weighted by Gasteiger charge is -2.37. The Morgan fingerprint density at radius 2 is 1.69 bits per heavy atom. The number of hydrogen-bond donors (Lipinski definition) is 0. The van der Waals surface area contributed by atoms with Crippen LogP contribution in [0.4, 0.5) is 29.3 Å². The summed E-state index contributed by atoms with van der Waals surface area (Å²) in [6.07, 6.45) is -2.69. The van der Waals surface area contributed by atoms with E-state index in [0.29, 0.717) is 24.7 Å². The fraction of sp³-hybridized carbons (Fsp3) is 0.316. The number of urea groups is 1. The minimum absolute atomic E-state index is 0.0787. The van der Waals surface area contributed by atoms with Crippen molar-refractivity contribution >= 4 is 17.4 Å². The lowest BCUT2D eigenvalue weighted by Crippen LogP contribution is -2.49. The first-order chi connectivity index (χ1) is 12.4. The molecule has 2 heterocycles. The van der Waals surface area contributed by atoms with E-state index in [-0.39, 0.29) is 5.69 Å². The van der Waals surface area contributed by atoms with Gasteiger partial charge >= 0.3 is 12.2 Å². The zero-order valence-electron chi connectivity index (χ0n) is 13.9. The summed E-state index contributed by atoms with van der Waals surface area (Å²) in [6.45, 7) is 1.31. The van der Waals surface area contributed by atoms with Gasteiger partial charge in [0.1, 0.15) is 0 Å². The maximum absolute atomic E-state index is 12.9. The van der Waals surface area contributed by atoms with E-state index in [9.17, 15) is 18.0 Å². The SMILES string of the molecule is O=C1[N]c2cc(C(F)(F)F)ccc2N1N1CCC(c2ccccc2)CC1. The van der Waals surface area contributed by atoms with Crippen LogP contribution in [-0.4, -0.2) is 24.1 Å². The first-order valence-corrected chi connectivity index (χ1v) is 8.50. The van der Waals surface area contributed by atoms with Crippen molar-refractivity contribution in [3.05, 3.63) is 59.7 Å². The number of hydrazine groups is 1. The van der Waals surface area contributed by atoms with Gasteiger partial charge in [-0.3, -0.25) is 0 Å². The molecular formula is C19H17F3N3O. The molecule has 2 aromatic rings. The molecule has 2 amide bonds. The molecule has 2 aromatic carbocycles. The van der Waals surface area contributed by atoms with Crippen molar-refractivity contribution in [1.29, 1.82) is 0 Å². The zero-order chi connectivity index (χ0) is 18.3. The molecule has 0 aromatic heterocycles. The predicted octanol–water partition coefficient (Wildman–Crippen LogP) is 4.68. The molecule has 1 saturated heterocycles. The highest BCUT2D eigenvalue weighted by atomic mass is 19.4. The molecule has 0 unspecified atom stereocenters. The van der Waals surface area contributed by atoms with Crippen LogP contribution in [0, 0.1) is 0 Å². The van der Waals surface area contributed by atoms with Gasteiger partial charge in [-0.05, 0) is 42.5 Å². The molecule has 26 heavy (non-hydrogen) atoms. The molecule has 0 atom stereocenters. The summed E-state index contributed by atoms with van der Waals surface area (Å²) in [5.74, 6) is 0.425. The largest absolute Gasteiger partial charge is 0.416 e. The Labute approximate surface area is 149 Å². The average molecular weight is 360 g/mol. The second kappa shape index (κ2) is 6.32. The van der Waals surface area contributed by atoms with Crippen molar-refractivity contribution in [3.8, 4) is 0 Å². The Bertz CT molecular complexity index is 815. The third-order valence-electron chi connectivity index (χ3n) is 4.95. The van der Waals surface area contributed by atoms with Crippen LogP contribution < -0.4 is 10.3 Å². The van der Waals surface area contributed by atoms with Crippen molar-refractivity contribution in [2.24, 2.45) is 0 Å². The summed E-state index contributed by atoms with van der Waals surface area (Å²) in [5.41, 5.74) is 0.980. The quantitative estimate of drug-likeness (QED) is 0.780. The molecule has 4 rings (SSSR count). The standard InChI is InChI=1S/C19H17F3N3O/c20-19(21,22)15-6-7-17-16(12-15)23-18(26)25(17)24-10-8-14(9-11-24)13-4-2-1-3-5-13/h1-7,12,14H,8-11H2. The number of rotatable bonds is 2. The molecule has 0 saturated carbocycles. The van der Waals surface area contributed by atoms with Gasteiger partial charge in [0.25, 0.3) is 0 Å². The number of anilines is 1. The molecular weight excluding hydrogens is 343 g/mol. The lowest BCUT2D eigenvalue weighted by molar-refractivity contribution is -0.137. The summed E-state index contributed by atoms with van der Waals surface area (Å²) in [4.78, 5) is 12.3. The van der Waals surface area contributed by atoms with E-state index in [0.717, 1.165) is 25.0 Å². The van der Waals surface area contributed by atoms with Gasteiger partial charge in [0.05, 0.1) is 16.9 Å². The zero-order valence-corrected chi connectivity index (χ0v) is 13.9. The third-order valence-corrected chi connectivity index (χ3v) is 4.95. The lowest BCUT2D eigenvalue weighted by atomic mass is 9.90. The second-order valence-corrected chi connectivity index (χ2v) is 6.55. The van der Waals surface area contributed by atoms with Gasteiger partial charge in [-0.15, -0.1) is 0 Å². The van der Waals surface area contributed by atoms with Gasteiger partial charge in [-0.25, -0.2) is 14.8 Å². The first kappa shape index (κ1) is 16.9. The summed E-state index contributed by atoms with van der Waals surface area (Å²) >= 11 is 0. The first-order valence-electron chi connectivity index (χ1n) is 8.50. The molecule has 1 fully saturated rings. The summed E-state index contributed by atoms with van der Waals surface area (Å²) < 4.78 is 38.6. The molecule has 4 nitrogen and oxygen atoms in total. The van der Waals surface area contributed by atoms with Crippen LogP contribution in [0.3, 0.4) is 0 Å². The number of piperidine rings is 1. The number of alkyl halides is 3. The van der Waals surface area contributed by atoms with Crippen molar-refractivity contribution in [1.82, 2.24) is 10.3 Å². The summed E-state index contributed by atoms with van der Waals surface area (Å²) in [5, 5.41) is 7.10. The average Bonchev–Trinajstić information content (AvgIpc) is 2.97. The van der Waals surface area contributed by atoms with Crippen LogP contribution in [0.1, 0.15) is 29.9 Å². The van der Waals surface area contributed by atoms with E-state index >= 15 is 0 Å². The maximum atomic E-state index is 12.9. The van der Waals surface area contributed by atoms with Gasteiger partial charge in [0.2, 0.25) is 0 Å². The Hall–Kier alpha value is -2.54. The Balaban J connectivity index is 1.51. The highest BCUT2D eigenvalue weighted by molar-refractivity contribution is 6.03. The van der Waals surface area contributed by atoms with E-state index in [1.807, 2.05) is 23.2 Å². The molecule has 0 aliphatic carbocycles. The number of amides is 2. The molecule has 0 bridgehead atoms. The van der Waals surface area contributed by atoms with Crippen molar-refractivity contribution in [3.63, 3.8) is 0 Å². The van der Waals surface area contributed by atoms with E-state index in [4.69, 9.17) is 0 Å². The van der Waals surface area contributed by atoms with Crippen LogP contribution in [-0.2, 0) is 6.18 Å². The monoisotopic (exact) mass is 360 g/mol. The van der Waals surface area contributed by atoms with E-state index < -0.39 is 17.8 Å². The topological polar surface area (TPSA) is 37.7 Å². The van der Waals surface area contributed by atoms with Crippen LogP contribution in [0.15, 0.2) is 48.5 Å². The minimum Gasteiger partial charge on any atom is -0.244 e. The molecule has 1 radical (unpaired) electrons. The summed E-state index contributed by atoms with van der Waals surface area (Å²) in [7, 11) is 0. The Morgan fingerprint density at radius 1 is 1.00 bits per heavy atom. The third kappa shape index (κ3) is 3.03. The van der Waals surface area contributed by atoms with Gasteiger partial charge < -0.3 is 0 Å². The maximum Gasteiger partial charge on any atom is 0.416 e. The molecule has 135 valence electrons. The number of nitrogens with zero attached hydrogens (tertiary/aromatic N) is 3. The van der Waals surface area contributed by atoms with E-state index in [2.05, 4.69) is 17.4 Å². The molecule has 0 N–H and O–H groups in total. The van der Waals surface area contributed by atoms with Crippen LogP contribution in [0.2, 0.25) is 0 Å². The Morgan fingerprint density at radius 3 is 2.35 bits per heavy atom. The number of carbonyl (C=O) groups is 1. The van der Waals surface area contributed by atoms with Gasteiger partial charge in [-0.2, -0.15) is 18.5 Å². The molecule has 2 aliphatic heterocycles. The van der Waals surface area contributed by atoms with Crippen molar-refractivity contribution < 1.29 is 18.0 Å². The Kier molecular flexibility index (Phi) is 4.11. The fourth-order valence-corrected chi connectivity index (χ4v) is 3.62. The smallest absolute Gasteiger partial charge is 0.244 e. The number of benzene rings is 2. The number of halogens is 3. The van der Waals surface area contributed by atoms with E-state index in [1.54, 1.807) is 0 Å². The predicted molar refractivity (Wildman–Crippen MR) is 91.1 cm³/mol. The van der Waals surface area contributed by atoms with Crippen molar-refractivity contribution in [2.75, 3.05) is 18.1 Å². The van der Waals surface area contributed by atoms with Gasteiger partial charge in [0, 0.05) is 13.1 Å². The molecule has 7 heteroatoms. The van der Waals surface area contributed by atoms with Crippen LogP contribution >= 0.6 is 0 Å². The normalized spacial score (nSPS) is 18.7. The van der Waals surface area contributed by atoms with Gasteiger partial charge in [0.15, 0.2) is 0 Å². The van der Waals surface area contributed by atoms with Gasteiger partial charge in [-0.1, -0.05) is 30.3 Å². The highest BCUT2D eigenvalue weighted by Crippen LogP contribution is 2.40. The number of hydrogen-bond acceptors (Lipinski definition) is 2. The number of carbonyl (C=O) groups excluding carboxylic acids is 1. The van der Waals surface area contributed by atoms with Crippen LogP contribution in [0.25, 0.3) is 0 Å². The minimum atomic E-state index is -4.45.